The van der Waals surface area contributed by atoms with Gasteiger partial charge in [-0.3, -0.25) is 14.9 Å². The smallest absolute Gasteiger partial charge is 0.400 e. The van der Waals surface area contributed by atoms with E-state index < -0.39 is 4.92 Å². The Kier molecular flexibility index (Phi) is 5.56. The highest BCUT2D eigenvalue weighted by atomic mass is 16.6. The van der Waals surface area contributed by atoms with E-state index in [1.165, 1.54) is 18.3 Å². The van der Waals surface area contributed by atoms with E-state index in [0.717, 1.165) is 19.3 Å². The van der Waals surface area contributed by atoms with Crippen molar-refractivity contribution in [1.29, 1.82) is 0 Å². The molecule has 0 aliphatic heterocycles. The van der Waals surface area contributed by atoms with E-state index in [-0.39, 0.29) is 17.6 Å². The van der Waals surface area contributed by atoms with Crippen molar-refractivity contribution >= 4 is 18.0 Å². The van der Waals surface area contributed by atoms with Gasteiger partial charge < -0.3 is 4.42 Å². The van der Waals surface area contributed by atoms with Gasteiger partial charge >= 0.3 is 5.88 Å². The van der Waals surface area contributed by atoms with Crippen LogP contribution in [0.1, 0.15) is 38.4 Å². The van der Waals surface area contributed by atoms with Gasteiger partial charge in [-0.15, -0.1) is 0 Å². The van der Waals surface area contributed by atoms with Gasteiger partial charge in [-0.05, 0) is 12.5 Å². The van der Waals surface area contributed by atoms with Crippen LogP contribution in [-0.4, -0.2) is 17.0 Å². The van der Waals surface area contributed by atoms with Crippen molar-refractivity contribution in [3.05, 3.63) is 28.0 Å². The number of carbonyl (C=O) groups excluding carboxylic acids is 1. The average molecular weight is 253 g/mol. The van der Waals surface area contributed by atoms with Crippen LogP contribution in [-0.2, 0) is 4.79 Å². The highest BCUT2D eigenvalue weighted by molar-refractivity contribution is 5.80. The average Bonchev–Trinajstić information content (AvgIpc) is 2.78. The minimum absolute atomic E-state index is 0.180. The first kappa shape index (κ1) is 13.9. The van der Waals surface area contributed by atoms with E-state index in [0.29, 0.717) is 6.42 Å². The van der Waals surface area contributed by atoms with E-state index in [9.17, 15) is 14.9 Å². The summed E-state index contributed by atoms with van der Waals surface area (Å²) in [6.07, 6.45) is 4.52. The molecule has 0 unspecified atom stereocenters. The predicted octanol–water partition coefficient (Wildman–Crippen LogP) is 2.22. The minimum Gasteiger partial charge on any atom is -0.400 e. The van der Waals surface area contributed by atoms with Crippen LogP contribution in [0.2, 0.25) is 0 Å². The molecule has 0 saturated heterocycles. The molecular weight excluding hydrogens is 238 g/mol. The topological polar surface area (TPSA) is 97.7 Å². The summed E-state index contributed by atoms with van der Waals surface area (Å²) in [5, 5.41) is 14.0. The lowest BCUT2D eigenvalue weighted by molar-refractivity contribution is -0.402. The monoisotopic (exact) mass is 253 g/mol. The second kappa shape index (κ2) is 7.21. The molecule has 0 spiro atoms. The van der Waals surface area contributed by atoms with Crippen LogP contribution in [0, 0.1) is 10.1 Å². The molecule has 0 aromatic carbocycles. The summed E-state index contributed by atoms with van der Waals surface area (Å²) in [5.41, 5.74) is 2.33. The maximum absolute atomic E-state index is 11.3. The molecule has 0 fully saturated rings. The zero-order valence-corrected chi connectivity index (χ0v) is 10.1. The summed E-state index contributed by atoms with van der Waals surface area (Å²) in [7, 11) is 0. The maximum Gasteiger partial charge on any atom is 0.433 e. The first-order valence-corrected chi connectivity index (χ1v) is 5.69. The van der Waals surface area contributed by atoms with Crippen molar-refractivity contribution in [2.24, 2.45) is 5.10 Å². The molecule has 1 heterocycles. The summed E-state index contributed by atoms with van der Waals surface area (Å²) in [5.74, 6) is -0.318. The molecule has 18 heavy (non-hydrogen) atoms. The van der Waals surface area contributed by atoms with Crippen molar-refractivity contribution in [2.75, 3.05) is 0 Å². The number of nitrogens with one attached hydrogen (secondary N) is 1. The van der Waals surface area contributed by atoms with Crippen LogP contribution < -0.4 is 5.43 Å². The van der Waals surface area contributed by atoms with Crippen LogP contribution in [0.25, 0.3) is 0 Å². The number of rotatable bonds is 7. The minimum atomic E-state index is -0.638. The molecule has 1 aromatic heterocycles. The van der Waals surface area contributed by atoms with Crippen molar-refractivity contribution in [2.45, 2.75) is 32.6 Å². The van der Waals surface area contributed by atoms with Gasteiger partial charge in [-0.25, -0.2) is 5.43 Å². The molecule has 0 saturated carbocycles. The number of nitrogens with zero attached hydrogens (tertiary/aromatic N) is 2. The molecule has 7 nitrogen and oxygen atoms in total. The zero-order chi connectivity index (χ0) is 13.4. The molecule has 1 amide bonds. The molecule has 0 atom stereocenters. The molecule has 0 radical (unpaired) electrons. The lowest BCUT2D eigenvalue weighted by Gasteiger charge is -1.97. The van der Waals surface area contributed by atoms with Crippen molar-refractivity contribution in [3.63, 3.8) is 0 Å². The molecule has 0 bridgehead atoms. The number of hydrogen-bond acceptors (Lipinski definition) is 5. The van der Waals surface area contributed by atoms with Crippen LogP contribution in [0.3, 0.4) is 0 Å². The van der Waals surface area contributed by atoms with E-state index in [2.05, 4.69) is 17.5 Å². The maximum atomic E-state index is 11.3. The first-order valence-electron chi connectivity index (χ1n) is 5.69. The fourth-order valence-electron chi connectivity index (χ4n) is 1.27. The Labute approximate surface area is 104 Å². The van der Waals surface area contributed by atoms with Gasteiger partial charge in [0, 0.05) is 6.42 Å². The molecular formula is C11H15N3O4. The number of nitro groups is 1. The van der Waals surface area contributed by atoms with Gasteiger partial charge in [-0.2, -0.15) is 5.10 Å². The van der Waals surface area contributed by atoms with Gasteiger partial charge in [0.1, 0.15) is 4.92 Å². The van der Waals surface area contributed by atoms with Gasteiger partial charge in [0.05, 0.1) is 12.3 Å². The Morgan fingerprint density at radius 3 is 2.94 bits per heavy atom. The summed E-state index contributed by atoms with van der Waals surface area (Å²) in [6.45, 7) is 2.06. The molecule has 0 aliphatic carbocycles. The van der Waals surface area contributed by atoms with Gasteiger partial charge in [-0.1, -0.05) is 19.8 Å². The quantitative estimate of drug-likeness (QED) is 0.348. The Hall–Kier alpha value is -2.18. The third-order valence-electron chi connectivity index (χ3n) is 2.18. The predicted molar refractivity (Wildman–Crippen MR) is 65.2 cm³/mol. The van der Waals surface area contributed by atoms with Crippen LogP contribution in [0.15, 0.2) is 21.7 Å². The van der Waals surface area contributed by atoms with Crippen molar-refractivity contribution in [1.82, 2.24) is 5.43 Å². The largest absolute Gasteiger partial charge is 0.433 e. The van der Waals surface area contributed by atoms with Crippen molar-refractivity contribution < 1.29 is 14.1 Å². The highest BCUT2D eigenvalue weighted by Crippen LogP contribution is 2.13. The van der Waals surface area contributed by atoms with Crippen LogP contribution >= 0.6 is 0 Å². The summed E-state index contributed by atoms with van der Waals surface area (Å²) >= 11 is 0. The normalized spacial score (nSPS) is 10.7. The fraction of sp³-hybridized carbons (Fsp3) is 0.455. The molecule has 0 aliphatic rings. The molecule has 7 heteroatoms. The SMILES string of the molecule is CCCCCC(=O)NN=Cc1ccc([N+](=O)[O-])o1. The zero-order valence-electron chi connectivity index (χ0n) is 10.1. The Morgan fingerprint density at radius 1 is 1.56 bits per heavy atom. The standard InChI is InChI=1S/C11H15N3O4/c1-2-3-4-5-10(15)13-12-8-9-6-7-11(18-9)14(16)17/h6-8H,2-5H2,1H3,(H,13,15). The van der Waals surface area contributed by atoms with E-state index in [4.69, 9.17) is 4.42 Å². The first-order chi connectivity index (χ1) is 8.63. The fourth-order valence-corrected chi connectivity index (χ4v) is 1.27. The van der Waals surface area contributed by atoms with E-state index in [1.807, 2.05) is 0 Å². The van der Waals surface area contributed by atoms with Crippen molar-refractivity contribution in [3.8, 4) is 0 Å². The number of hydrazone groups is 1. The molecule has 98 valence electrons. The summed E-state index contributed by atoms with van der Waals surface area (Å²) < 4.78 is 4.83. The Morgan fingerprint density at radius 2 is 2.33 bits per heavy atom. The van der Waals surface area contributed by atoms with Gasteiger partial charge in [0.2, 0.25) is 5.91 Å². The number of amides is 1. The number of furan rings is 1. The van der Waals surface area contributed by atoms with Gasteiger partial charge in [0.25, 0.3) is 0 Å². The molecule has 1 aromatic rings. The number of hydrogen-bond donors (Lipinski definition) is 1. The van der Waals surface area contributed by atoms with Crippen LogP contribution in [0.5, 0.6) is 0 Å². The highest BCUT2D eigenvalue weighted by Gasteiger charge is 2.10. The molecule has 1 N–H and O–H groups in total. The van der Waals surface area contributed by atoms with E-state index >= 15 is 0 Å². The lowest BCUT2D eigenvalue weighted by Crippen LogP contribution is -2.16. The van der Waals surface area contributed by atoms with E-state index in [1.54, 1.807) is 0 Å². The summed E-state index contributed by atoms with van der Waals surface area (Å²) in [6, 6.07) is 2.63. The third-order valence-corrected chi connectivity index (χ3v) is 2.18. The third kappa shape index (κ3) is 4.77. The summed E-state index contributed by atoms with van der Waals surface area (Å²) in [4.78, 5) is 21.0. The second-order valence-electron chi connectivity index (χ2n) is 3.68. The number of carbonyl (C=O) groups is 1. The lowest BCUT2D eigenvalue weighted by atomic mass is 10.2. The van der Waals surface area contributed by atoms with Crippen LogP contribution in [0.4, 0.5) is 5.88 Å². The second-order valence-corrected chi connectivity index (χ2v) is 3.68. The number of unbranched alkanes of at least 4 members (excludes halogenated alkanes) is 2. The molecule has 1 rings (SSSR count). The Bertz CT molecular complexity index is 439. The van der Waals surface area contributed by atoms with Gasteiger partial charge in [0.15, 0.2) is 5.76 Å². The Balaban J connectivity index is 2.35.